The first-order valence-electron chi connectivity index (χ1n) is 4.94. The summed E-state index contributed by atoms with van der Waals surface area (Å²) in [7, 11) is -3.64. The Morgan fingerprint density at radius 3 is 2.53 bits per heavy atom. The van der Waals surface area contributed by atoms with E-state index in [2.05, 4.69) is 9.44 Å². The fourth-order valence-corrected chi connectivity index (χ4v) is 2.36. The summed E-state index contributed by atoms with van der Waals surface area (Å²) in [4.78, 5) is 0. The van der Waals surface area contributed by atoms with Crippen LogP contribution in [0, 0.1) is 11.3 Å². The lowest BCUT2D eigenvalue weighted by molar-refractivity contribution is 0.575. The van der Waals surface area contributed by atoms with Crippen LogP contribution in [0.15, 0.2) is 18.2 Å². The Kier molecular flexibility index (Phi) is 3.93. The molecule has 17 heavy (non-hydrogen) atoms. The van der Waals surface area contributed by atoms with Crippen molar-refractivity contribution in [2.45, 2.75) is 19.9 Å². The van der Waals surface area contributed by atoms with Gasteiger partial charge in [0.25, 0.3) is 10.2 Å². The highest BCUT2D eigenvalue weighted by Crippen LogP contribution is 2.20. The number of nitrogens with zero attached hydrogens (tertiary/aromatic N) is 1. The molecule has 0 saturated heterocycles. The van der Waals surface area contributed by atoms with Crippen molar-refractivity contribution in [3.05, 3.63) is 23.8 Å². The maximum Gasteiger partial charge on any atom is 0.299 e. The molecular formula is C10H14N4O2S. The predicted octanol–water partition coefficient (Wildman–Crippen LogP) is 0.795. The fraction of sp³-hybridized carbons (Fsp3) is 0.300. The van der Waals surface area contributed by atoms with Gasteiger partial charge in [0.1, 0.15) is 0 Å². The van der Waals surface area contributed by atoms with Gasteiger partial charge in [-0.25, -0.2) is 0 Å². The highest BCUT2D eigenvalue weighted by atomic mass is 32.2. The smallest absolute Gasteiger partial charge is 0.299 e. The van der Waals surface area contributed by atoms with Crippen molar-refractivity contribution in [1.29, 1.82) is 5.26 Å². The van der Waals surface area contributed by atoms with Crippen molar-refractivity contribution < 1.29 is 8.42 Å². The number of nitriles is 1. The van der Waals surface area contributed by atoms with E-state index in [1.165, 1.54) is 18.2 Å². The molecule has 0 unspecified atom stereocenters. The van der Waals surface area contributed by atoms with Crippen LogP contribution >= 0.6 is 0 Å². The van der Waals surface area contributed by atoms with Crippen molar-refractivity contribution >= 4 is 21.6 Å². The molecule has 1 aromatic rings. The van der Waals surface area contributed by atoms with Crippen LogP contribution in [0.5, 0.6) is 0 Å². The van der Waals surface area contributed by atoms with Crippen molar-refractivity contribution in [1.82, 2.24) is 4.72 Å². The first kappa shape index (κ1) is 13.3. The van der Waals surface area contributed by atoms with E-state index in [-0.39, 0.29) is 17.4 Å². The minimum Gasteiger partial charge on any atom is -0.397 e. The third kappa shape index (κ3) is 3.94. The van der Waals surface area contributed by atoms with Gasteiger partial charge in [-0.2, -0.15) is 18.4 Å². The fourth-order valence-electron chi connectivity index (χ4n) is 1.21. The summed E-state index contributed by atoms with van der Waals surface area (Å²) in [6, 6.07) is 6.05. The number of nitrogens with two attached hydrogens (primary N) is 1. The van der Waals surface area contributed by atoms with E-state index in [4.69, 9.17) is 11.0 Å². The Bertz CT molecular complexity index is 546. The maximum absolute atomic E-state index is 11.6. The summed E-state index contributed by atoms with van der Waals surface area (Å²) in [6.07, 6.45) is 0. The third-order valence-electron chi connectivity index (χ3n) is 1.82. The second-order valence-corrected chi connectivity index (χ2v) is 5.24. The quantitative estimate of drug-likeness (QED) is 0.690. The molecule has 0 saturated carbocycles. The van der Waals surface area contributed by atoms with E-state index in [0.29, 0.717) is 5.56 Å². The van der Waals surface area contributed by atoms with Crippen LogP contribution in [0.1, 0.15) is 19.4 Å². The van der Waals surface area contributed by atoms with Gasteiger partial charge in [-0.15, -0.1) is 0 Å². The van der Waals surface area contributed by atoms with E-state index in [9.17, 15) is 8.42 Å². The van der Waals surface area contributed by atoms with Gasteiger partial charge in [0, 0.05) is 6.04 Å². The molecule has 1 aromatic carbocycles. The zero-order chi connectivity index (χ0) is 13.1. The van der Waals surface area contributed by atoms with E-state index in [1.807, 2.05) is 6.07 Å². The van der Waals surface area contributed by atoms with Crippen LogP contribution in [0.4, 0.5) is 11.4 Å². The van der Waals surface area contributed by atoms with Crippen LogP contribution in [0.3, 0.4) is 0 Å². The summed E-state index contributed by atoms with van der Waals surface area (Å²) < 4.78 is 27.8. The van der Waals surface area contributed by atoms with Crippen LogP contribution in [-0.2, 0) is 10.2 Å². The molecule has 6 nitrogen and oxygen atoms in total. The molecule has 0 fully saturated rings. The van der Waals surface area contributed by atoms with Crippen LogP contribution in [0.2, 0.25) is 0 Å². The highest BCUT2D eigenvalue weighted by Gasteiger charge is 2.13. The van der Waals surface area contributed by atoms with Gasteiger partial charge in [0.05, 0.1) is 23.0 Å². The summed E-state index contributed by atoms with van der Waals surface area (Å²) in [5, 5.41) is 8.65. The SMILES string of the molecule is CC(C)NS(=O)(=O)Nc1ccc(C#N)cc1N. The molecule has 0 aliphatic rings. The van der Waals surface area contributed by atoms with Gasteiger partial charge in [-0.05, 0) is 32.0 Å². The third-order valence-corrected chi connectivity index (χ3v) is 3.09. The lowest BCUT2D eigenvalue weighted by Crippen LogP contribution is -2.35. The zero-order valence-corrected chi connectivity index (χ0v) is 10.4. The van der Waals surface area contributed by atoms with Gasteiger partial charge in [-0.3, -0.25) is 4.72 Å². The van der Waals surface area contributed by atoms with E-state index < -0.39 is 10.2 Å². The van der Waals surface area contributed by atoms with Crippen molar-refractivity contribution in [2.75, 3.05) is 10.5 Å². The summed E-state index contributed by atoms with van der Waals surface area (Å²) in [5.41, 5.74) is 6.46. The summed E-state index contributed by atoms with van der Waals surface area (Å²) >= 11 is 0. The topological polar surface area (TPSA) is 108 Å². The maximum atomic E-state index is 11.6. The average Bonchev–Trinajstić information content (AvgIpc) is 2.18. The molecular weight excluding hydrogens is 240 g/mol. The lowest BCUT2D eigenvalue weighted by Gasteiger charge is -2.13. The second kappa shape index (κ2) is 5.03. The van der Waals surface area contributed by atoms with E-state index in [1.54, 1.807) is 13.8 Å². The van der Waals surface area contributed by atoms with Crippen molar-refractivity contribution in [3.63, 3.8) is 0 Å². The van der Waals surface area contributed by atoms with E-state index in [0.717, 1.165) is 0 Å². The van der Waals surface area contributed by atoms with Crippen LogP contribution < -0.4 is 15.2 Å². The molecule has 7 heteroatoms. The first-order valence-corrected chi connectivity index (χ1v) is 6.42. The van der Waals surface area contributed by atoms with Crippen LogP contribution in [-0.4, -0.2) is 14.5 Å². The number of nitrogen functional groups attached to an aromatic ring is 1. The molecule has 0 radical (unpaired) electrons. The van der Waals surface area contributed by atoms with Crippen LogP contribution in [0.25, 0.3) is 0 Å². The van der Waals surface area contributed by atoms with E-state index >= 15 is 0 Å². The van der Waals surface area contributed by atoms with Gasteiger partial charge in [0.2, 0.25) is 0 Å². The molecule has 0 aliphatic carbocycles. The molecule has 0 heterocycles. The Balaban J connectivity index is 2.94. The Morgan fingerprint density at radius 1 is 1.41 bits per heavy atom. The Hall–Kier alpha value is -1.78. The minimum absolute atomic E-state index is 0.207. The minimum atomic E-state index is -3.64. The predicted molar refractivity (Wildman–Crippen MR) is 66.4 cm³/mol. The Morgan fingerprint density at radius 2 is 2.06 bits per heavy atom. The molecule has 0 aromatic heterocycles. The van der Waals surface area contributed by atoms with Gasteiger partial charge in [0.15, 0.2) is 0 Å². The van der Waals surface area contributed by atoms with Crippen molar-refractivity contribution in [2.24, 2.45) is 0 Å². The number of rotatable bonds is 4. The summed E-state index contributed by atoms with van der Waals surface area (Å²) in [5.74, 6) is 0. The molecule has 0 aliphatic heterocycles. The zero-order valence-electron chi connectivity index (χ0n) is 9.56. The monoisotopic (exact) mass is 254 g/mol. The average molecular weight is 254 g/mol. The molecule has 4 N–H and O–H groups in total. The lowest BCUT2D eigenvalue weighted by atomic mass is 10.2. The number of nitrogens with one attached hydrogen (secondary N) is 2. The van der Waals surface area contributed by atoms with Gasteiger partial charge < -0.3 is 5.73 Å². The molecule has 0 spiro atoms. The Labute approximate surface area is 101 Å². The molecule has 92 valence electrons. The standard InChI is InChI=1S/C10H14N4O2S/c1-7(2)13-17(15,16)14-10-4-3-8(6-11)5-9(10)12/h3-5,7,13-14H,12H2,1-2H3. The number of hydrogen-bond acceptors (Lipinski definition) is 4. The number of benzene rings is 1. The van der Waals surface area contributed by atoms with Gasteiger partial charge in [-0.1, -0.05) is 0 Å². The molecule has 0 amide bonds. The van der Waals surface area contributed by atoms with Crippen molar-refractivity contribution in [3.8, 4) is 6.07 Å². The number of hydrogen-bond donors (Lipinski definition) is 3. The second-order valence-electron chi connectivity index (χ2n) is 3.79. The molecule has 0 bridgehead atoms. The first-order chi connectivity index (χ1) is 7.84. The normalized spacial score (nSPS) is 11.2. The highest BCUT2D eigenvalue weighted by molar-refractivity contribution is 7.90. The number of anilines is 2. The largest absolute Gasteiger partial charge is 0.397 e. The summed E-state index contributed by atoms with van der Waals surface area (Å²) in [6.45, 7) is 3.42. The molecule has 1 rings (SSSR count). The van der Waals surface area contributed by atoms with Gasteiger partial charge >= 0.3 is 0 Å². The molecule has 0 atom stereocenters.